The molecule has 5 atom stereocenters. The van der Waals surface area contributed by atoms with Crippen LogP contribution in [0, 0.1) is 0 Å². The molecule has 1 aliphatic heterocycles. The Morgan fingerprint density at radius 3 is 1.28 bits per heavy atom. The molecule has 47 heavy (non-hydrogen) atoms. The minimum Gasteiger partial charge on any atom is -0.508 e. The van der Waals surface area contributed by atoms with E-state index in [0.717, 1.165) is 30.5 Å². The van der Waals surface area contributed by atoms with E-state index in [4.69, 9.17) is 58.1 Å². The maximum Gasteiger partial charge on any atom is 0.323 e. The van der Waals surface area contributed by atoms with Crippen LogP contribution in [0.5, 0.6) is 11.5 Å². The van der Waals surface area contributed by atoms with E-state index in [2.05, 4.69) is 11.1 Å². The van der Waals surface area contributed by atoms with Crippen LogP contribution >= 0.6 is 0 Å². The highest BCUT2D eigenvalue weighted by Crippen LogP contribution is 2.11. The molecule has 0 bridgehead atoms. The average Bonchev–Trinajstić information content (AvgIpc) is 3.56. The van der Waals surface area contributed by atoms with Crippen molar-refractivity contribution in [2.75, 3.05) is 13.1 Å². The third kappa shape index (κ3) is 23.2. The number of benzene rings is 2. The summed E-state index contributed by atoms with van der Waals surface area (Å²) in [5.74, 6) is -4.59. The molecule has 1 fully saturated rings. The molecule has 0 saturated carbocycles. The summed E-state index contributed by atoms with van der Waals surface area (Å²) >= 11 is 0. The zero-order chi connectivity index (χ0) is 36.7. The number of rotatable bonds is 10. The molecule has 2 aromatic carbocycles. The van der Waals surface area contributed by atoms with Crippen molar-refractivity contribution in [1.82, 2.24) is 5.32 Å². The van der Waals surface area contributed by atoms with Gasteiger partial charge in [-0.15, -0.1) is 0 Å². The predicted octanol–water partition coefficient (Wildman–Crippen LogP) is -1.67. The van der Waals surface area contributed by atoms with Crippen molar-refractivity contribution < 1.29 is 64.8 Å². The van der Waals surface area contributed by atoms with Gasteiger partial charge in [0.15, 0.2) is 0 Å². The second kappa shape index (κ2) is 24.4. The first kappa shape index (κ1) is 44.3. The second-order valence-corrected chi connectivity index (χ2v) is 9.82. The van der Waals surface area contributed by atoms with Crippen LogP contribution in [0.15, 0.2) is 48.5 Å². The molecule has 0 amide bonds. The molecular weight excluding hydrogens is 626 g/mol. The molecule has 0 unspecified atom stereocenters. The molecule has 1 heterocycles. The smallest absolute Gasteiger partial charge is 0.323 e. The number of hydrogen-bond acceptors (Lipinski definition) is 13. The Balaban J connectivity index is 0. The molecule has 1 saturated heterocycles. The molecule has 0 aliphatic carbocycles. The molecule has 2 aromatic rings. The number of carboxylic acid groups (broad SMARTS) is 5. The molecule has 0 aromatic heterocycles. The number of carboxylic acids is 5. The molecular formula is C29H45N5O13. The van der Waals surface area contributed by atoms with Gasteiger partial charge < -0.3 is 69.1 Å². The number of aliphatic carboxylic acids is 5. The van der Waals surface area contributed by atoms with Gasteiger partial charge in [-0.05, 0) is 74.5 Å². The predicted molar refractivity (Wildman–Crippen MR) is 167 cm³/mol. The van der Waals surface area contributed by atoms with Gasteiger partial charge in [0.25, 0.3) is 0 Å². The summed E-state index contributed by atoms with van der Waals surface area (Å²) in [4.78, 5) is 50.0. The van der Waals surface area contributed by atoms with E-state index in [9.17, 15) is 24.0 Å². The monoisotopic (exact) mass is 671 g/mol. The number of phenolic OH excluding ortho intramolecular Hbond substituents is 2. The summed E-state index contributed by atoms with van der Waals surface area (Å²) in [5.41, 5.74) is 21.7. The molecule has 1 aliphatic rings. The maximum atomic E-state index is 10.4. The summed E-state index contributed by atoms with van der Waals surface area (Å²) in [6, 6.07) is 9.42. The highest BCUT2D eigenvalue weighted by atomic mass is 16.4. The zero-order valence-electron chi connectivity index (χ0n) is 25.7. The van der Waals surface area contributed by atoms with Crippen LogP contribution in [0.2, 0.25) is 0 Å². The molecule has 0 spiro atoms. The summed E-state index contributed by atoms with van der Waals surface area (Å²) in [7, 11) is 0. The van der Waals surface area contributed by atoms with E-state index in [1.807, 2.05) is 0 Å². The van der Waals surface area contributed by atoms with Crippen LogP contribution < -0.4 is 28.3 Å². The van der Waals surface area contributed by atoms with Crippen LogP contribution in [-0.4, -0.2) is 114 Å². The Labute approximate surface area is 270 Å². The lowest BCUT2D eigenvalue weighted by molar-refractivity contribution is -0.141. The van der Waals surface area contributed by atoms with Gasteiger partial charge in [-0.25, -0.2) is 0 Å². The SMILES string of the molecule is C[C@@H](O)[C@H](N)C(=O)O.NCC(=O)O.N[C@@H](Cc1ccc(O)cc1)C(=O)O.N[C@@H](Cc1ccc(O)cc1)C(=O)O.O=C(O)[C@@H]1CCCN1. The fourth-order valence-corrected chi connectivity index (χ4v) is 3.05. The van der Waals surface area contributed by atoms with Crippen molar-refractivity contribution in [3.05, 3.63) is 59.7 Å². The minimum absolute atomic E-state index is 0.160. The fourth-order valence-electron chi connectivity index (χ4n) is 3.05. The highest BCUT2D eigenvalue weighted by molar-refractivity contribution is 5.74. The Kier molecular flexibility index (Phi) is 23.0. The first-order valence-electron chi connectivity index (χ1n) is 13.9. The van der Waals surface area contributed by atoms with E-state index in [0.29, 0.717) is 0 Å². The number of hydrogen-bond donors (Lipinski definition) is 13. The molecule has 18 nitrogen and oxygen atoms in total. The molecule has 264 valence electrons. The number of aliphatic hydroxyl groups excluding tert-OH is 1. The average molecular weight is 672 g/mol. The van der Waals surface area contributed by atoms with Crippen LogP contribution in [-0.2, 0) is 36.8 Å². The number of nitrogens with one attached hydrogen (secondary N) is 1. The number of phenols is 2. The van der Waals surface area contributed by atoms with Crippen LogP contribution in [0.3, 0.4) is 0 Å². The van der Waals surface area contributed by atoms with Crippen molar-refractivity contribution in [2.24, 2.45) is 22.9 Å². The normalized spacial score (nSPS) is 15.4. The van der Waals surface area contributed by atoms with Gasteiger partial charge in [-0.1, -0.05) is 24.3 Å². The van der Waals surface area contributed by atoms with Crippen molar-refractivity contribution in [3.8, 4) is 11.5 Å². The van der Waals surface area contributed by atoms with E-state index < -0.39 is 54.1 Å². The van der Waals surface area contributed by atoms with Crippen LogP contribution in [0.4, 0.5) is 0 Å². The number of aliphatic hydroxyl groups is 1. The zero-order valence-corrected chi connectivity index (χ0v) is 25.7. The van der Waals surface area contributed by atoms with Crippen LogP contribution in [0.1, 0.15) is 30.9 Å². The quantitative estimate of drug-likeness (QED) is 0.134. The van der Waals surface area contributed by atoms with Gasteiger partial charge in [-0.3, -0.25) is 24.0 Å². The first-order valence-corrected chi connectivity index (χ1v) is 13.9. The summed E-state index contributed by atoms with van der Waals surface area (Å²) < 4.78 is 0. The van der Waals surface area contributed by atoms with E-state index in [-0.39, 0.29) is 36.9 Å². The van der Waals surface area contributed by atoms with Gasteiger partial charge in [0.1, 0.15) is 35.7 Å². The highest BCUT2D eigenvalue weighted by Gasteiger charge is 2.20. The largest absolute Gasteiger partial charge is 0.508 e. The van der Waals surface area contributed by atoms with Gasteiger partial charge in [0.05, 0.1) is 12.6 Å². The lowest BCUT2D eigenvalue weighted by Gasteiger charge is -2.06. The Hall–Kier alpha value is -4.85. The third-order valence-electron chi connectivity index (χ3n) is 5.76. The third-order valence-corrected chi connectivity index (χ3v) is 5.76. The second-order valence-electron chi connectivity index (χ2n) is 9.82. The Morgan fingerprint density at radius 2 is 1.11 bits per heavy atom. The maximum absolute atomic E-state index is 10.4. The molecule has 18 heteroatoms. The lowest BCUT2D eigenvalue weighted by Crippen LogP contribution is -2.39. The summed E-state index contributed by atoms with van der Waals surface area (Å²) in [6.45, 7) is 1.91. The number of nitrogens with two attached hydrogens (primary N) is 4. The van der Waals surface area contributed by atoms with E-state index in [1.54, 1.807) is 24.3 Å². The fraction of sp³-hybridized carbons (Fsp3) is 0.414. The van der Waals surface area contributed by atoms with Gasteiger partial charge in [0, 0.05) is 0 Å². The standard InChI is InChI=1S/2C9H11NO3.C5H9NO2.C4H9NO3.C2H5NO2/c2*10-8(9(12)13)5-6-1-3-7(11)4-2-6;7-5(8)4-2-1-3-6-4;1-2(6)3(5)4(7)8;3-1-2(4)5/h2*1-4,8,11H,5,10H2,(H,12,13);4,6H,1-3H2,(H,7,8);2-3,6H,5H2,1H3,(H,7,8);1,3H2,(H,4,5)/t2*8-;4-;2-,3+;/m0001./s1. The Bertz CT molecular complexity index is 1150. The topological polar surface area (TPSA) is 363 Å². The minimum atomic E-state index is -1.18. The summed E-state index contributed by atoms with van der Waals surface area (Å²) in [6.07, 6.45) is 1.35. The van der Waals surface area contributed by atoms with Gasteiger partial charge in [0.2, 0.25) is 0 Å². The van der Waals surface area contributed by atoms with Crippen LogP contribution in [0.25, 0.3) is 0 Å². The molecule has 17 N–H and O–H groups in total. The first-order chi connectivity index (χ1) is 21.8. The number of aromatic hydroxyl groups is 2. The molecule has 0 radical (unpaired) electrons. The molecule has 3 rings (SSSR count). The van der Waals surface area contributed by atoms with E-state index >= 15 is 0 Å². The van der Waals surface area contributed by atoms with Crippen molar-refractivity contribution in [3.63, 3.8) is 0 Å². The Morgan fingerprint density at radius 1 is 0.745 bits per heavy atom. The van der Waals surface area contributed by atoms with Crippen molar-refractivity contribution in [1.29, 1.82) is 0 Å². The summed E-state index contributed by atoms with van der Waals surface area (Å²) in [5, 5.41) is 70.3. The van der Waals surface area contributed by atoms with Gasteiger partial charge >= 0.3 is 29.8 Å². The van der Waals surface area contributed by atoms with Crippen molar-refractivity contribution in [2.45, 2.75) is 62.9 Å². The van der Waals surface area contributed by atoms with E-state index in [1.165, 1.54) is 31.2 Å². The van der Waals surface area contributed by atoms with Gasteiger partial charge in [-0.2, -0.15) is 0 Å². The van der Waals surface area contributed by atoms with Crippen molar-refractivity contribution >= 4 is 29.8 Å². The number of carbonyl (C=O) groups is 5. The lowest BCUT2D eigenvalue weighted by atomic mass is 10.1.